The summed E-state index contributed by atoms with van der Waals surface area (Å²) in [6.45, 7) is 0. The summed E-state index contributed by atoms with van der Waals surface area (Å²) in [6, 6.07) is 18.4. The molecule has 4 aromatic rings. The van der Waals surface area contributed by atoms with E-state index in [0.29, 0.717) is 0 Å². The van der Waals surface area contributed by atoms with Crippen LogP contribution >= 0.6 is 11.6 Å². The zero-order valence-electron chi connectivity index (χ0n) is 10.5. The fourth-order valence-electron chi connectivity index (χ4n) is 2.57. The smallest absolute Gasteiger partial charge is 0.223 e. The SMILES string of the molecule is Clc1ncc2c(n1)c1ccccc1n2-c1ccccc1. The molecule has 0 aliphatic heterocycles. The average Bonchev–Trinajstić information content (AvgIpc) is 2.82. The Hall–Kier alpha value is -2.39. The van der Waals surface area contributed by atoms with Crippen LogP contribution < -0.4 is 0 Å². The number of para-hydroxylation sites is 2. The molecule has 0 fully saturated rings. The van der Waals surface area contributed by atoms with Crippen LogP contribution in [0.15, 0.2) is 60.8 Å². The van der Waals surface area contributed by atoms with E-state index in [1.54, 1.807) is 6.20 Å². The molecule has 4 rings (SSSR count). The molecule has 2 aromatic carbocycles. The van der Waals surface area contributed by atoms with Gasteiger partial charge in [-0.1, -0.05) is 36.4 Å². The van der Waals surface area contributed by atoms with Crippen molar-refractivity contribution in [3.8, 4) is 5.69 Å². The number of hydrogen-bond donors (Lipinski definition) is 0. The second kappa shape index (κ2) is 4.32. The predicted molar refractivity (Wildman–Crippen MR) is 81.4 cm³/mol. The van der Waals surface area contributed by atoms with Crippen LogP contribution in [0.3, 0.4) is 0 Å². The van der Waals surface area contributed by atoms with E-state index in [4.69, 9.17) is 11.6 Å². The molecule has 0 amide bonds. The van der Waals surface area contributed by atoms with Crippen LogP contribution in [0, 0.1) is 0 Å². The van der Waals surface area contributed by atoms with Crippen LogP contribution in [0.25, 0.3) is 27.6 Å². The van der Waals surface area contributed by atoms with Crippen LogP contribution in [-0.4, -0.2) is 14.5 Å². The summed E-state index contributed by atoms with van der Waals surface area (Å²) in [5.74, 6) is 0. The van der Waals surface area contributed by atoms with Crippen molar-refractivity contribution in [3.63, 3.8) is 0 Å². The number of fused-ring (bicyclic) bond motifs is 3. The summed E-state index contributed by atoms with van der Waals surface area (Å²) in [4.78, 5) is 8.51. The molecule has 0 radical (unpaired) electrons. The van der Waals surface area contributed by atoms with Gasteiger partial charge in [-0.25, -0.2) is 9.97 Å². The van der Waals surface area contributed by atoms with E-state index >= 15 is 0 Å². The average molecular weight is 280 g/mol. The topological polar surface area (TPSA) is 30.7 Å². The maximum absolute atomic E-state index is 5.94. The molecule has 0 saturated carbocycles. The Labute approximate surface area is 120 Å². The third kappa shape index (κ3) is 1.60. The Balaban J connectivity index is 2.22. The molecule has 0 N–H and O–H groups in total. The predicted octanol–water partition coefficient (Wildman–Crippen LogP) is 4.23. The molecule has 2 heterocycles. The molecule has 0 atom stereocenters. The molecular formula is C16H10ClN3. The minimum atomic E-state index is 0.272. The van der Waals surface area contributed by atoms with Crippen molar-refractivity contribution in [3.05, 3.63) is 66.1 Å². The molecule has 0 bridgehead atoms. The first-order chi connectivity index (χ1) is 9.84. The lowest BCUT2D eigenvalue weighted by molar-refractivity contribution is 1.14. The number of rotatable bonds is 1. The Morgan fingerprint density at radius 2 is 1.60 bits per heavy atom. The van der Waals surface area contributed by atoms with Gasteiger partial charge in [-0.05, 0) is 29.8 Å². The summed E-state index contributed by atoms with van der Waals surface area (Å²) < 4.78 is 2.15. The summed E-state index contributed by atoms with van der Waals surface area (Å²) in [7, 11) is 0. The lowest BCUT2D eigenvalue weighted by Gasteiger charge is -2.06. The van der Waals surface area contributed by atoms with Crippen LogP contribution in [0.4, 0.5) is 0 Å². The highest BCUT2D eigenvalue weighted by atomic mass is 35.5. The maximum Gasteiger partial charge on any atom is 0.223 e. The van der Waals surface area contributed by atoms with Crippen molar-refractivity contribution in [1.82, 2.24) is 14.5 Å². The molecule has 96 valence electrons. The second-order valence-electron chi connectivity index (χ2n) is 4.56. The van der Waals surface area contributed by atoms with Crippen molar-refractivity contribution in [1.29, 1.82) is 0 Å². The first-order valence-electron chi connectivity index (χ1n) is 6.32. The number of hydrogen-bond acceptors (Lipinski definition) is 2. The van der Waals surface area contributed by atoms with E-state index < -0.39 is 0 Å². The van der Waals surface area contributed by atoms with Gasteiger partial charge in [0.25, 0.3) is 0 Å². The lowest BCUT2D eigenvalue weighted by Crippen LogP contribution is -1.93. The van der Waals surface area contributed by atoms with Gasteiger partial charge < -0.3 is 4.57 Å². The van der Waals surface area contributed by atoms with Crippen LogP contribution in [0.1, 0.15) is 0 Å². The van der Waals surface area contributed by atoms with Crippen LogP contribution in [0.2, 0.25) is 5.28 Å². The van der Waals surface area contributed by atoms with Gasteiger partial charge in [0.15, 0.2) is 0 Å². The largest absolute Gasteiger partial charge is 0.306 e. The lowest BCUT2D eigenvalue weighted by atomic mass is 10.2. The highest BCUT2D eigenvalue weighted by molar-refractivity contribution is 6.28. The standard InChI is InChI=1S/C16H10ClN3/c17-16-18-10-14-15(19-16)12-8-4-5-9-13(12)20(14)11-6-2-1-3-7-11/h1-10H. The summed E-state index contributed by atoms with van der Waals surface area (Å²) in [5.41, 5.74) is 4.03. The van der Waals surface area contributed by atoms with Gasteiger partial charge in [0.2, 0.25) is 5.28 Å². The number of halogens is 1. The summed E-state index contributed by atoms with van der Waals surface area (Å²) >= 11 is 5.94. The third-order valence-electron chi connectivity index (χ3n) is 3.40. The minimum Gasteiger partial charge on any atom is -0.306 e. The zero-order valence-corrected chi connectivity index (χ0v) is 11.2. The molecule has 3 nitrogen and oxygen atoms in total. The van der Waals surface area contributed by atoms with E-state index in [2.05, 4.69) is 38.8 Å². The zero-order chi connectivity index (χ0) is 13.5. The molecule has 4 heteroatoms. The molecule has 2 aromatic heterocycles. The van der Waals surface area contributed by atoms with Gasteiger partial charge in [0.05, 0.1) is 17.2 Å². The van der Waals surface area contributed by atoms with E-state index in [0.717, 1.165) is 27.6 Å². The monoisotopic (exact) mass is 279 g/mol. The highest BCUT2D eigenvalue weighted by Gasteiger charge is 2.13. The van der Waals surface area contributed by atoms with E-state index in [9.17, 15) is 0 Å². The molecule has 20 heavy (non-hydrogen) atoms. The Kier molecular flexibility index (Phi) is 2.47. The number of benzene rings is 2. The van der Waals surface area contributed by atoms with Gasteiger partial charge in [-0.15, -0.1) is 0 Å². The Bertz CT molecular complexity index is 913. The first kappa shape index (κ1) is 11.4. The highest BCUT2D eigenvalue weighted by Crippen LogP contribution is 2.30. The maximum atomic E-state index is 5.94. The fourth-order valence-corrected chi connectivity index (χ4v) is 2.70. The second-order valence-corrected chi connectivity index (χ2v) is 4.90. The quantitative estimate of drug-likeness (QED) is 0.488. The minimum absolute atomic E-state index is 0.272. The van der Waals surface area contributed by atoms with Crippen molar-refractivity contribution >= 4 is 33.5 Å². The van der Waals surface area contributed by atoms with Gasteiger partial charge in [-0.2, -0.15) is 0 Å². The van der Waals surface area contributed by atoms with Gasteiger partial charge in [-0.3, -0.25) is 0 Å². The van der Waals surface area contributed by atoms with E-state index in [-0.39, 0.29) is 5.28 Å². The fraction of sp³-hybridized carbons (Fsp3) is 0. The molecule has 0 saturated heterocycles. The van der Waals surface area contributed by atoms with Crippen molar-refractivity contribution in [2.45, 2.75) is 0 Å². The first-order valence-corrected chi connectivity index (χ1v) is 6.69. The molecule has 0 spiro atoms. The molecule has 0 aliphatic carbocycles. The number of nitrogens with zero attached hydrogens (tertiary/aromatic N) is 3. The summed E-state index contributed by atoms with van der Waals surface area (Å²) in [5, 5.41) is 1.35. The van der Waals surface area contributed by atoms with Gasteiger partial charge in [0.1, 0.15) is 5.52 Å². The number of aromatic nitrogens is 3. The molecule has 0 unspecified atom stereocenters. The normalized spacial score (nSPS) is 11.2. The van der Waals surface area contributed by atoms with Crippen LogP contribution in [0.5, 0.6) is 0 Å². The third-order valence-corrected chi connectivity index (χ3v) is 3.58. The van der Waals surface area contributed by atoms with Crippen molar-refractivity contribution < 1.29 is 0 Å². The Morgan fingerprint density at radius 1 is 0.850 bits per heavy atom. The van der Waals surface area contributed by atoms with Crippen molar-refractivity contribution in [2.24, 2.45) is 0 Å². The summed E-state index contributed by atoms with van der Waals surface area (Å²) in [6.07, 6.45) is 1.78. The van der Waals surface area contributed by atoms with Gasteiger partial charge >= 0.3 is 0 Å². The Morgan fingerprint density at radius 3 is 2.45 bits per heavy atom. The van der Waals surface area contributed by atoms with E-state index in [1.807, 2.05) is 30.3 Å². The van der Waals surface area contributed by atoms with Crippen molar-refractivity contribution in [2.75, 3.05) is 0 Å². The van der Waals surface area contributed by atoms with Gasteiger partial charge in [0, 0.05) is 11.1 Å². The van der Waals surface area contributed by atoms with E-state index in [1.165, 1.54) is 0 Å². The molecule has 0 aliphatic rings. The molecular weight excluding hydrogens is 270 g/mol. The van der Waals surface area contributed by atoms with Crippen LogP contribution in [-0.2, 0) is 0 Å².